The monoisotopic (exact) mass is 292 g/mol. The Bertz CT molecular complexity index is 503. The Morgan fingerprint density at radius 2 is 2.00 bits per heavy atom. The van der Waals surface area contributed by atoms with Crippen LogP contribution in [0.25, 0.3) is 0 Å². The molecule has 2 saturated heterocycles. The molecular weight excluding hydrogens is 272 g/mol. The highest BCUT2D eigenvalue weighted by atomic mass is 35.5. The molecule has 1 N–H and O–H groups in total. The van der Waals surface area contributed by atoms with Gasteiger partial charge in [0.2, 0.25) is 0 Å². The van der Waals surface area contributed by atoms with Gasteiger partial charge in [-0.15, -0.1) is 0 Å². The first-order valence-corrected chi connectivity index (χ1v) is 8.22. The van der Waals surface area contributed by atoms with Crippen molar-refractivity contribution >= 4 is 17.4 Å². The molecule has 20 heavy (non-hydrogen) atoms. The number of nitrogens with one attached hydrogen (secondary N) is 1. The number of hydrogen-bond acceptors (Lipinski definition) is 4. The van der Waals surface area contributed by atoms with Crippen molar-refractivity contribution in [3.63, 3.8) is 0 Å². The molecule has 5 heteroatoms. The molecule has 2 unspecified atom stereocenters. The minimum absolute atomic E-state index is 0.522. The summed E-state index contributed by atoms with van der Waals surface area (Å²) in [7, 11) is 0. The Morgan fingerprint density at radius 3 is 2.85 bits per heavy atom. The largest absolute Gasteiger partial charge is 0.366 e. The molecular formula is C15H21ClN4. The van der Waals surface area contributed by atoms with E-state index < -0.39 is 0 Å². The van der Waals surface area contributed by atoms with E-state index in [1.54, 1.807) is 0 Å². The molecule has 3 fully saturated rings. The topological polar surface area (TPSA) is 41.0 Å². The number of hydrogen-bond donors (Lipinski definition) is 1. The molecule has 1 aromatic rings. The first-order valence-electron chi connectivity index (χ1n) is 7.85. The van der Waals surface area contributed by atoms with Crippen molar-refractivity contribution in [2.75, 3.05) is 18.4 Å². The van der Waals surface area contributed by atoms with Crippen molar-refractivity contribution in [3.8, 4) is 0 Å². The number of piperidine rings is 1. The van der Waals surface area contributed by atoms with E-state index in [4.69, 9.17) is 11.6 Å². The van der Waals surface area contributed by atoms with E-state index >= 15 is 0 Å². The lowest BCUT2D eigenvalue weighted by atomic mass is 9.99. The summed E-state index contributed by atoms with van der Waals surface area (Å²) in [5.74, 6) is 2.40. The Balaban J connectivity index is 1.50. The van der Waals surface area contributed by atoms with Gasteiger partial charge >= 0.3 is 0 Å². The fourth-order valence-corrected chi connectivity index (χ4v) is 3.83. The summed E-state index contributed by atoms with van der Waals surface area (Å²) >= 11 is 6.14. The highest BCUT2D eigenvalue weighted by Gasteiger charge is 2.36. The van der Waals surface area contributed by atoms with E-state index in [-0.39, 0.29) is 0 Å². The number of fused-ring (bicyclic) bond motifs is 1. The van der Waals surface area contributed by atoms with E-state index in [0.717, 1.165) is 11.6 Å². The van der Waals surface area contributed by atoms with Gasteiger partial charge in [0.15, 0.2) is 0 Å². The quantitative estimate of drug-likeness (QED) is 0.870. The van der Waals surface area contributed by atoms with Crippen LogP contribution < -0.4 is 5.32 Å². The van der Waals surface area contributed by atoms with E-state index in [2.05, 4.69) is 20.2 Å². The lowest BCUT2D eigenvalue weighted by molar-refractivity contribution is 0.192. The normalized spacial score (nSPS) is 30.2. The highest BCUT2D eigenvalue weighted by molar-refractivity contribution is 6.29. The number of anilines is 1. The summed E-state index contributed by atoms with van der Waals surface area (Å²) in [6.07, 6.45) is 7.65. The Morgan fingerprint density at radius 1 is 1.10 bits per heavy atom. The van der Waals surface area contributed by atoms with E-state index in [0.29, 0.717) is 23.2 Å². The maximum absolute atomic E-state index is 6.14. The zero-order chi connectivity index (χ0) is 13.5. The Labute approximate surface area is 124 Å². The third-order valence-electron chi connectivity index (χ3n) is 4.84. The fraction of sp³-hybridized carbons (Fsp3) is 0.733. The predicted molar refractivity (Wildman–Crippen MR) is 80.3 cm³/mol. The van der Waals surface area contributed by atoms with Crippen LogP contribution in [0.5, 0.6) is 0 Å². The van der Waals surface area contributed by atoms with Crippen LogP contribution in [0.4, 0.5) is 5.82 Å². The number of rotatable bonds is 3. The summed E-state index contributed by atoms with van der Waals surface area (Å²) in [5.41, 5.74) is 0. The maximum atomic E-state index is 6.14. The van der Waals surface area contributed by atoms with Gasteiger partial charge in [-0.3, -0.25) is 4.90 Å². The van der Waals surface area contributed by atoms with Gasteiger partial charge in [-0.25, -0.2) is 9.97 Å². The molecule has 0 aromatic carbocycles. The van der Waals surface area contributed by atoms with Gasteiger partial charge in [-0.2, -0.15) is 0 Å². The minimum Gasteiger partial charge on any atom is -0.366 e. The molecule has 0 spiro atoms. The standard InChI is InChI=1S/C15H21ClN4/c16-13-9-14(19-15(18-13)10-4-5-10)17-11-6-8-20-7-2-1-3-12(11)20/h9-12H,1-8H2,(H,17,18,19). The van der Waals surface area contributed by atoms with Crippen LogP contribution in [0.3, 0.4) is 0 Å². The summed E-state index contributed by atoms with van der Waals surface area (Å²) < 4.78 is 0. The molecule has 2 aliphatic heterocycles. The first-order chi connectivity index (χ1) is 9.79. The van der Waals surface area contributed by atoms with Crippen molar-refractivity contribution in [1.29, 1.82) is 0 Å². The highest BCUT2D eigenvalue weighted by Crippen LogP contribution is 2.39. The van der Waals surface area contributed by atoms with Gasteiger partial charge in [-0.05, 0) is 38.6 Å². The van der Waals surface area contributed by atoms with Gasteiger partial charge in [0.05, 0.1) is 0 Å². The second-order valence-electron chi connectivity index (χ2n) is 6.35. The molecule has 4 nitrogen and oxygen atoms in total. The van der Waals surface area contributed by atoms with Gasteiger partial charge in [-0.1, -0.05) is 18.0 Å². The lowest BCUT2D eigenvalue weighted by Gasteiger charge is -2.32. The molecule has 108 valence electrons. The summed E-state index contributed by atoms with van der Waals surface area (Å²) in [4.78, 5) is 11.7. The SMILES string of the molecule is Clc1cc(NC2CCN3CCCCC23)nc(C2CC2)n1. The van der Waals surface area contributed by atoms with E-state index in [1.807, 2.05) is 6.07 Å². The van der Waals surface area contributed by atoms with Crippen molar-refractivity contribution < 1.29 is 0 Å². The van der Waals surface area contributed by atoms with Crippen LogP contribution in [0.15, 0.2) is 6.07 Å². The molecule has 3 heterocycles. The molecule has 0 radical (unpaired) electrons. The van der Waals surface area contributed by atoms with Gasteiger partial charge < -0.3 is 5.32 Å². The fourth-order valence-electron chi connectivity index (χ4n) is 3.64. The molecule has 1 saturated carbocycles. The number of halogens is 1. The maximum Gasteiger partial charge on any atom is 0.135 e. The Kier molecular flexibility index (Phi) is 3.31. The van der Waals surface area contributed by atoms with Crippen LogP contribution in [0.1, 0.15) is 50.3 Å². The van der Waals surface area contributed by atoms with E-state index in [9.17, 15) is 0 Å². The van der Waals surface area contributed by atoms with Crippen LogP contribution in [0, 0.1) is 0 Å². The van der Waals surface area contributed by atoms with Crippen molar-refractivity contribution in [2.24, 2.45) is 0 Å². The van der Waals surface area contributed by atoms with Crippen LogP contribution in [-0.2, 0) is 0 Å². The lowest BCUT2D eigenvalue weighted by Crippen LogP contribution is -2.41. The second-order valence-corrected chi connectivity index (χ2v) is 6.73. The second kappa shape index (κ2) is 5.15. The summed E-state index contributed by atoms with van der Waals surface area (Å²) in [6.45, 7) is 2.48. The van der Waals surface area contributed by atoms with Gasteiger partial charge in [0.1, 0.15) is 16.8 Å². The van der Waals surface area contributed by atoms with Crippen molar-refractivity contribution in [1.82, 2.24) is 14.9 Å². The smallest absolute Gasteiger partial charge is 0.135 e. The third kappa shape index (κ3) is 2.51. The average molecular weight is 293 g/mol. The van der Waals surface area contributed by atoms with Gasteiger partial charge in [0, 0.05) is 30.6 Å². The van der Waals surface area contributed by atoms with Crippen molar-refractivity contribution in [2.45, 2.75) is 56.5 Å². The summed E-state index contributed by atoms with van der Waals surface area (Å²) in [5, 5.41) is 4.20. The zero-order valence-corrected chi connectivity index (χ0v) is 12.4. The molecule has 4 rings (SSSR count). The van der Waals surface area contributed by atoms with Crippen LogP contribution >= 0.6 is 11.6 Å². The molecule has 3 aliphatic rings. The minimum atomic E-state index is 0.522. The number of nitrogens with zero attached hydrogens (tertiary/aromatic N) is 3. The average Bonchev–Trinajstić information content (AvgIpc) is 3.22. The van der Waals surface area contributed by atoms with Crippen LogP contribution in [-0.4, -0.2) is 40.0 Å². The van der Waals surface area contributed by atoms with Crippen LogP contribution in [0.2, 0.25) is 5.15 Å². The molecule has 2 atom stereocenters. The van der Waals surface area contributed by atoms with E-state index in [1.165, 1.54) is 51.6 Å². The van der Waals surface area contributed by atoms with Gasteiger partial charge in [0.25, 0.3) is 0 Å². The first kappa shape index (κ1) is 12.8. The molecule has 0 amide bonds. The van der Waals surface area contributed by atoms with Crippen molar-refractivity contribution in [3.05, 3.63) is 17.0 Å². The molecule has 1 aliphatic carbocycles. The third-order valence-corrected chi connectivity index (χ3v) is 5.04. The zero-order valence-electron chi connectivity index (χ0n) is 11.7. The molecule has 0 bridgehead atoms. The molecule has 1 aromatic heterocycles. The summed E-state index contributed by atoms with van der Waals surface area (Å²) in [6, 6.07) is 3.08. The Hall–Kier alpha value is -0.870. The predicted octanol–water partition coefficient (Wildman–Crippen LogP) is 3.05. The number of aromatic nitrogens is 2.